The summed E-state index contributed by atoms with van der Waals surface area (Å²) in [5, 5.41) is 0. The fourth-order valence-electron chi connectivity index (χ4n) is 6.30. The molecule has 1 fully saturated rings. The molecule has 1 aromatic carbocycles. The number of ketones is 1. The quantitative estimate of drug-likeness (QED) is 0.441. The highest BCUT2D eigenvalue weighted by molar-refractivity contribution is 6.23. The molecule has 1 amide bonds. The fraction of sp³-hybridized carbons (Fsp3) is 0.667. The van der Waals surface area contributed by atoms with Crippen LogP contribution in [0.15, 0.2) is 17.7 Å². The van der Waals surface area contributed by atoms with E-state index in [1.165, 1.54) is 22.3 Å². The molecule has 0 N–H and O–H groups in total. The Kier molecular flexibility index (Phi) is 8.78. The molecule has 0 unspecified atom stereocenters. The maximum atomic E-state index is 13.9. The van der Waals surface area contributed by atoms with E-state index >= 15 is 0 Å². The molecule has 4 nitrogen and oxygen atoms in total. The van der Waals surface area contributed by atoms with Gasteiger partial charge in [0.2, 0.25) is 5.91 Å². The van der Waals surface area contributed by atoms with Crippen LogP contribution in [0.4, 0.5) is 0 Å². The minimum atomic E-state index is -0.00352. The van der Waals surface area contributed by atoms with Crippen molar-refractivity contribution in [2.75, 3.05) is 13.2 Å². The van der Waals surface area contributed by atoms with E-state index in [2.05, 4.69) is 60.6 Å². The predicted molar refractivity (Wildman–Crippen MR) is 140 cm³/mol. The maximum Gasteiger partial charge on any atom is 0.223 e. The fourth-order valence-corrected chi connectivity index (χ4v) is 6.30. The van der Waals surface area contributed by atoms with Gasteiger partial charge in [0, 0.05) is 43.7 Å². The first-order valence-electron chi connectivity index (χ1n) is 13.4. The normalized spacial score (nSPS) is 18.3. The molecule has 2 aliphatic rings. The summed E-state index contributed by atoms with van der Waals surface area (Å²) in [7, 11) is 0. The van der Waals surface area contributed by atoms with Gasteiger partial charge in [0.1, 0.15) is 0 Å². The van der Waals surface area contributed by atoms with Gasteiger partial charge < -0.3 is 9.64 Å². The van der Waals surface area contributed by atoms with Crippen LogP contribution in [0.2, 0.25) is 0 Å². The Hall–Kier alpha value is -1.94. The summed E-state index contributed by atoms with van der Waals surface area (Å²) in [4.78, 5) is 29.1. The summed E-state index contributed by atoms with van der Waals surface area (Å²) in [6.07, 6.45) is 6.32. The zero-order chi connectivity index (χ0) is 25.0. The molecular weight excluding hydrogens is 422 g/mol. The topological polar surface area (TPSA) is 46.6 Å². The maximum absolute atomic E-state index is 13.9. The van der Waals surface area contributed by atoms with Crippen LogP contribution in [-0.4, -0.2) is 41.9 Å². The van der Waals surface area contributed by atoms with E-state index in [4.69, 9.17) is 4.74 Å². The molecule has 188 valence electrons. The molecule has 0 saturated carbocycles. The van der Waals surface area contributed by atoms with E-state index < -0.39 is 0 Å². The first kappa shape index (κ1) is 26.7. The third kappa shape index (κ3) is 5.64. The Bertz CT molecular complexity index is 901. The lowest BCUT2D eigenvalue weighted by Crippen LogP contribution is -2.42. The van der Waals surface area contributed by atoms with E-state index in [1.807, 2.05) is 4.90 Å². The number of nitrogens with zero attached hydrogens (tertiary/aromatic N) is 1. The number of Topliss-reactive ketones (excluding diaryl/α,β-unsaturated/α-hetero) is 1. The van der Waals surface area contributed by atoms with Crippen LogP contribution in [0.25, 0.3) is 5.57 Å². The number of aryl methyl sites for hydroxylation is 3. The lowest BCUT2D eigenvalue weighted by atomic mass is 9.64. The van der Waals surface area contributed by atoms with Gasteiger partial charge in [-0.2, -0.15) is 0 Å². The molecular formula is C30H45NO3. The number of benzene rings is 1. The van der Waals surface area contributed by atoms with Crippen LogP contribution in [-0.2, 0) is 27.2 Å². The molecule has 0 bridgehead atoms. The number of amides is 1. The second-order valence-electron chi connectivity index (χ2n) is 11.0. The predicted octanol–water partition coefficient (Wildman–Crippen LogP) is 6.46. The molecule has 1 aliphatic carbocycles. The van der Waals surface area contributed by atoms with E-state index in [-0.39, 0.29) is 29.2 Å². The van der Waals surface area contributed by atoms with Gasteiger partial charge in [-0.1, -0.05) is 37.1 Å². The van der Waals surface area contributed by atoms with Crippen molar-refractivity contribution < 1.29 is 14.3 Å². The zero-order valence-electron chi connectivity index (χ0n) is 22.6. The number of hydrogen-bond acceptors (Lipinski definition) is 3. The molecule has 0 radical (unpaired) electrons. The molecule has 4 heteroatoms. The summed E-state index contributed by atoms with van der Waals surface area (Å²) in [6.45, 7) is 16.3. The molecule has 0 atom stereocenters. The lowest BCUT2D eigenvalue weighted by molar-refractivity contribution is -0.134. The number of carbonyl (C=O) groups is 2. The van der Waals surface area contributed by atoms with Gasteiger partial charge in [0.05, 0.1) is 0 Å². The molecule has 1 aromatic rings. The minimum Gasteiger partial charge on any atom is -0.381 e. The van der Waals surface area contributed by atoms with Crippen LogP contribution in [0, 0.1) is 12.3 Å². The SMILES string of the molecule is CCc1cc(C)cc(CC)c1C1=C(CCC(=O)N(C(C)C)C(C)C)CC2(CCOCC2)CC1=O. The standard InChI is InChI=1S/C30H45NO3/c1-8-23-16-22(7)17-24(9-2)28(23)29-25(10-11-27(33)31(20(3)4)21(5)6)18-30(19-26(29)32)12-14-34-15-13-30/h16-17,20-21H,8-15,18-19H2,1-7H3. The third-order valence-electron chi connectivity index (χ3n) is 7.81. The summed E-state index contributed by atoms with van der Waals surface area (Å²) in [6, 6.07) is 4.84. The van der Waals surface area contributed by atoms with E-state index in [9.17, 15) is 9.59 Å². The van der Waals surface area contributed by atoms with Crippen molar-refractivity contribution in [2.24, 2.45) is 5.41 Å². The largest absolute Gasteiger partial charge is 0.381 e. The highest BCUT2D eigenvalue weighted by atomic mass is 16.5. The van der Waals surface area contributed by atoms with Gasteiger partial charge in [-0.25, -0.2) is 0 Å². The van der Waals surface area contributed by atoms with Gasteiger partial charge in [-0.05, 0) is 95.2 Å². The van der Waals surface area contributed by atoms with Gasteiger partial charge >= 0.3 is 0 Å². The Morgan fingerprint density at radius 1 is 1.00 bits per heavy atom. The van der Waals surface area contributed by atoms with Gasteiger partial charge in [0.25, 0.3) is 0 Å². The van der Waals surface area contributed by atoms with Crippen molar-refractivity contribution in [3.63, 3.8) is 0 Å². The Labute approximate surface area is 207 Å². The smallest absolute Gasteiger partial charge is 0.223 e. The van der Waals surface area contributed by atoms with Crippen molar-refractivity contribution in [3.05, 3.63) is 40.0 Å². The lowest BCUT2D eigenvalue weighted by Gasteiger charge is -2.42. The third-order valence-corrected chi connectivity index (χ3v) is 7.81. The van der Waals surface area contributed by atoms with Crippen molar-refractivity contribution in [2.45, 2.75) is 112 Å². The molecule has 1 heterocycles. The van der Waals surface area contributed by atoms with E-state index in [0.29, 0.717) is 19.3 Å². The van der Waals surface area contributed by atoms with Crippen LogP contribution in [0.5, 0.6) is 0 Å². The van der Waals surface area contributed by atoms with Gasteiger partial charge in [0.15, 0.2) is 5.78 Å². The Morgan fingerprint density at radius 3 is 2.06 bits per heavy atom. The Balaban J connectivity index is 2.07. The molecule has 1 spiro atoms. The van der Waals surface area contributed by atoms with Crippen LogP contribution >= 0.6 is 0 Å². The monoisotopic (exact) mass is 467 g/mol. The van der Waals surface area contributed by atoms with Crippen molar-refractivity contribution in [1.82, 2.24) is 4.90 Å². The summed E-state index contributed by atoms with van der Waals surface area (Å²) >= 11 is 0. The molecule has 3 rings (SSSR count). The van der Waals surface area contributed by atoms with Gasteiger partial charge in [-0.15, -0.1) is 0 Å². The highest BCUT2D eigenvalue weighted by Gasteiger charge is 2.42. The summed E-state index contributed by atoms with van der Waals surface area (Å²) < 4.78 is 5.66. The van der Waals surface area contributed by atoms with E-state index in [1.54, 1.807) is 0 Å². The molecule has 0 aromatic heterocycles. The minimum absolute atomic E-state index is 0.00352. The van der Waals surface area contributed by atoms with Crippen LogP contribution in [0.3, 0.4) is 0 Å². The molecule has 1 aliphatic heterocycles. The average Bonchev–Trinajstić information content (AvgIpc) is 2.77. The zero-order valence-corrected chi connectivity index (χ0v) is 22.6. The summed E-state index contributed by atoms with van der Waals surface area (Å²) in [5.74, 6) is 0.458. The summed E-state index contributed by atoms with van der Waals surface area (Å²) in [5.41, 5.74) is 7.07. The van der Waals surface area contributed by atoms with Crippen LogP contribution in [0.1, 0.15) is 102 Å². The number of rotatable bonds is 8. The molecule has 34 heavy (non-hydrogen) atoms. The molecule has 1 saturated heterocycles. The average molecular weight is 468 g/mol. The first-order valence-corrected chi connectivity index (χ1v) is 13.4. The highest BCUT2D eigenvalue weighted by Crippen LogP contribution is 2.49. The number of hydrogen-bond donors (Lipinski definition) is 0. The number of allylic oxidation sites excluding steroid dienone is 2. The van der Waals surface area contributed by atoms with Crippen molar-refractivity contribution in [3.8, 4) is 0 Å². The second kappa shape index (κ2) is 11.2. The van der Waals surface area contributed by atoms with Crippen LogP contribution < -0.4 is 0 Å². The second-order valence-corrected chi connectivity index (χ2v) is 11.0. The van der Waals surface area contributed by atoms with Crippen molar-refractivity contribution in [1.29, 1.82) is 0 Å². The first-order chi connectivity index (χ1) is 16.1. The van der Waals surface area contributed by atoms with E-state index in [0.717, 1.165) is 56.5 Å². The number of ether oxygens (including phenoxy) is 1. The Morgan fingerprint density at radius 2 is 1.56 bits per heavy atom. The van der Waals surface area contributed by atoms with Gasteiger partial charge in [-0.3, -0.25) is 9.59 Å². The van der Waals surface area contributed by atoms with Crippen molar-refractivity contribution >= 4 is 17.3 Å². The number of carbonyl (C=O) groups excluding carboxylic acids is 2.